The Morgan fingerprint density at radius 1 is 1.29 bits per heavy atom. The fraction of sp³-hybridized carbons (Fsp3) is 0.500. The number of anilines is 1. The molecule has 10 heteroatoms. The first-order valence-corrected chi connectivity index (χ1v) is 8.70. The van der Waals surface area contributed by atoms with Crippen molar-refractivity contribution in [2.45, 2.75) is 32.8 Å². The van der Waals surface area contributed by atoms with Crippen molar-refractivity contribution in [3.63, 3.8) is 0 Å². The summed E-state index contributed by atoms with van der Waals surface area (Å²) >= 11 is 0. The first-order valence-electron chi connectivity index (χ1n) is 7.26. The largest absolute Gasteiger partial charge is 0.516 e. The van der Waals surface area contributed by atoms with E-state index in [9.17, 15) is 21.6 Å². The Bertz CT molecular complexity index is 670. The lowest BCUT2D eigenvalue weighted by atomic mass is 10.2. The molecule has 0 fully saturated rings. The van der Waals surface area contributed by atoms with Crippen LogP contribution in [0.25, 0.3) is 0 Å². The quantitative estimate of drug-likeness (QED) is 0.460. The van der Waals surface area contributed by atoms with Crippen LogP contribution in [0.5, 0.6) is 0 Å². The molecule has 0 bridgehead atoms. The Kier molecular flexibility index (Phi) is 6.61. The number of benzene rings is 1. The van der Waals surface area contributed by atoms with E-state index in [-0.39, 0.29) is 16.7 Å². The maximum atomic E-state index is 12.8. The summed E-state index contributed by atoms with van der Waals surface area (Å²) < 4.78 is 62.1. The van der Waals surface area contributed by atoms with Gasteiger partial charge in [-0.1, -0.05) is 26.0 Å². The van der Waals surface area contributed by atoms with E-state index in [2.05, 4.69) is 10.5 Å². The Labute approximate surface area is 139 Å². The maximum Gasteiger partial charge on any atom is 0.516 e. The number of hydrogen-bond acceptors (Lipinski definition) is 5. The van der Waals surface area contributed by atoms with Gasteiger partial charge in [-0.05, 0) is 24.6 Å². The smallest absolute Gasteiger partial charge is 0.326 e. The van der Waals surface area contributed by atoms with E-state index < -0.39 is 21.4 Å². The molecule has 24 heavy (non-hydrogen) atoms. The lowest BCUT2D eigenvalue weighted by Gasteiger charge is -2.27. The van der Waals surface area contributed by atoms with Gasteiger partial charge in [0.05, 0.1) is 5.69 Å². The van der Waals surface area contributed by atoms with Crippen LogP contribution >= 0.6 is 0 Å². The lowest BCUT2D eigenvalue weighted by Crippen LogP contribution is -2.46. The minimum atomic E-state index is -5.50. The van der Waals surface area contributed by atoms with Gasteiger partial charge in [-0.2, -0.15) is 26.7 Å². The van der Waals surface area contributed by atoms with Gasteiger partial charge in [-0.25, -0.2) is 4.31 Å². The number of nitrogens with zero attached hydrogens (tertiary/aromatic N) is 2. The van der Waals surface area contributed by atoms with Gasteiger partial charge in [-0.15, -0.1) is 0 Å². The van der Waals surface area contributed by atoms with Crippen LogP contribution < -0.4 is 11.2 Å². The van der Waals surface area contributed by atoms with E-state index in [1.807, 2.05) is 0 Å². The number of rotatable bonds is 6. The van der Waals surface area contributed by atoms with Crippen LogP contribution in [0.15, 0.2) is 29.4 Å². The average Bonchev–Trinajstić information content (AvgIpc) is 2.50. The maximum absolute atomic E-state index is 12.8. The molecule has 3 N–H and O–H groups in total. The van der Waals surface area contributed by atoms with Crippen LogP contribution in [0.4, 0.5) is 18.9 Å². The van der Waals surface area contributed by atoms with E-state index in [1.165, 1.54) is 6.92 Å². The van der Waals surface area contributed by atoms with E-state index in [1.54, 1.807) is 38.1 Å². The highest BCUT2D eigenvalue weighted by molar-refractivity contribution is 7.90. The second-order valence-corrected chi connectivity index (χ2v) is 7.11. The third kappa shape index (κ3) is 4.60. The molecule has 0 amide bonds. The molecule has 6 nitrogen and oxygen atoms in total. The predicted molar refractivity (Wildman–Crippen MR) is 87.6 cm³/mol. The van der Waals surface area contributed by atoms with Gasteiger partial charge in [-0.3, -0.25) is 5.43 Å². The number of sulfonamides is 1. The first-order chi connectivity index (χ1) is 11.0. The lowest BCUT2D eigenvalue weighted by molar-refractivity contribution is -0.0472. The highest BCUT2D eigenvalue weighted by Gasteiger charge is 2.51. The molecule has 0 aromatic heterocycles. The summed E-state index contributed by atoms with van der Waals surface area (Å²) in [5, 5.41) is 3.88. The Balaban J connectivity index is 3.15. The van der Waals surface area contributed by atoms with E-state index in [0.717, 1.165) is 5.56 Å². The second kappa shape index (κ2) is 7.84. The zero-order valence-corrected chi connectivity index (χ0v) is 14.4. The van der Waals surface area contributed by atoms with Gasteiger partial charge in [0, 0.05) is 19.0 Å². The molecule has 0 spiro atoms. The fourth-order valence-electron chi connectivity index (χ4n) is 1.89. The summed E-state index contributed by atoms with van der Waals surface area (Å²) in [5.41, 5.74) is 4.07. The zero-order valence-electron chi connectivity index (χ0n) is 13.6. The van der Waals surface area contributed by atoms with Gasteiger partial charge < -0.3 is 5.73 Å². The van der Waals surface area contributed by atoms with Crippen LogP contribution in [0.1, 0.15) is 26.3 Å². The predicted octanol–water partition coefficient (Wildman–Crippen LogP) is 2.70. The molecular formula is C14H21F3N4O2S. The zero-order chi connectivity index (χ0) is 18.5. The number of nitrogens with one attached hydrogen (secondary N) is 1. The molecule has 0 unspecified atom stereocenters. The third-order valence-corrected chi connectivity index (χ3v) is 4.74. The van der Waals surface area contributed by atoms with Crippen molar-refractivity contribution in [1.29, 1.82) is 0 Å². The Morgan fingerprint density at radius 2 is 1.83 bits per heavy atom. The van der Waals surface area contributed by atoms with Gasteiger partial charge in [0.2, 0.25) is 0 Å². The van der Waals surface area contributed by atoms with Crippen molar-refractivity contribution in [2.75, 3.05) is 12.0 Å². The molecular weight excluding hydrogens is 345 g/mol. The summed E-state index contributed by atoms with van der Waals surface area (Å²) in [6, 6.07) is 6.77. The van der Waals surface area contributed by atoms with Crippen LogP contribution in [0, 0.1) is 5.92 Å². The number of hydrogen-bond donors (Lipinski definition) is 2. The molecule has 1 rings (SSSR count). The van der Waals surface area contributed by atoms with Crippen molar-refractivity contribution in [3.05, 3.63) is 29.8 Å². The summed E-state index contributed by atoms with van der Waals surface area (Å²) in [6.45, 7) is 4.41. The second-order valence-electron chi connectivity index (χ2n) is 5.25. The molecule has 136 valence electrons. The number of nitrogens with two attached hydrogens (primary N) is 1. The molecule has 0 heterocycles. The SMILES string of the molecule is CCN(/C(=N\Nc1ccc(CN)cc1)C(C)C)S(=O)(=O)C(F)(F)F. The summed E-state index contributed by atoms with van der Waals surface area (Å²) in [5.74, 6) is -0.768. The normalized spacial score (nSPS) is 13.2. The Hall–Kier alpha value is -1.81. The number of alkyl halides is 3. The first kappa shape index (κ1) is 20.2. The molecule has 1 aromatic rings. The van der Waals surface area contributed by atoms with Crippen molar-refractivity contribution < 1.29 is 21.6 Å². The number of hydrazone groups is 1. The van der Waals surface area contributed by atoms with Gasteiger partial charge in [0.25, 0.3) is 0 Å². The summed E-state index contributed by atoms with van der Waals surface area (Å²) in [4.78, 5) is 0. The van der Waals surface area contributed by atoms with E-state index in [0.29, 0.717) is 12.2 Å². The molecule has 0 aliphatic carbocycles. The van der Waals surface area contributed by atoms with Crippen LogP contribution in [0.2, 0.25) is 0 Å². The van der Waals surface area contributed by atoms with Crippen molar-refractivity contribution >= 4 is 21.5 Å². The van der Waals surface area contributed by atoms with E-state index >= 15 is 0 Å². The minimum absolute atomic E-state index is 0.224. The highest BCUT2D eigenvalue weighted by atomic mass is 32.2. The van der Waals surface area contributed by atoms with E-state index in [4.69, 9.17) is 5.73 Å². The molecule has 0 saturated heterocycles. The van der Waals surface area contributed by atoms with Crippen molar-refractivity contribution in [1.82, 2.24) is 4.31 Å². The molecule has 0 saturated carbocycles. The Morgan fingerprint density at radius 3 is 2.21 bits per heavy atom. The summed E-state index contributed by atoms with van der Waals surface area (Å²) in [7, 11) is -5.50. The van der Waals surface area contributed by atoms with Crippen LogP contribution in [-0.4, -0.2) is 30.6 Å². The molecule has 1 aromatic carbocycles. The third-order valence-electron chi connectivity index (χ3n) is 3.13. The summed E-state index contributed by atoms with van der Waals surface area (Å²) in [6.07, 6.45) is 0. The van der Waals surface area contributed by atoms with Crippen molar-refractivity contribution in [3.8, 4) is 0 Å². The van der Waals surface area contributed by atoms with Gasteiger partial charge in [0.15, 0.2) is 0 Å². The standard InChI is InChI=1S/C14H21F3N4O2S/c1-4-21(24(22,23)14(15,16)17)13(10(2)3)20-19-12-7-5-11(9-18)6-8-12/h5-8,10,19H,4,9,18H2,1-3H3/b20-13-. The monoisotopic (exact) mass is 366 g/mol. The van der Waals surface area contributed by atoms with Gasteiger partial charge >= 0.3 is 15.5 Å². The number of halogens is 3. The number of amidine groups is 1. The van der Waals surface area contributed by atoms with Crippen LogP contribution in [-0.2, 0) is 16.6 Å². The molecule has 0 atom stereocenters. The van der Waals surface area contributed by atoms with Crippen LogP contribution in [0.3, 0.4) is 0 Å². The highest BCUT2D eigenvalue weighted by Crippen LogP contribution is 2.28. The van der Waals surface area contributed by atoms with Gasteiger partial charge in [0.1, 0.15) is 5.84 Å². The average molecular weight is 366 g/mol. The van der Waals surface area contributed by atoms with Crippen molar-refractivity contribution in [2.24, 2.45) is 16.8 Å². The fourth-order valence-corrected chi connectivity index (χ4v) is 2.98. The molecule has 0 aliphatic heterocycles. The topological polar surface area (TPSA) is 87.8 Å². The minimum Gasteiger partial charge on any atom is -0.326 e. The molecule has 0 aliphatic rings. The molecule has 0 radical (unpaired) electrons.